The van der Waals surface area contributed by atoms with Gasteiger partial charge in [0.25, 0.3) is 0 Å². The molecule has 1 aromatic carbocycles. The molecular weight excluding hydrogens is 258 g/mol. The third-order valence-corrected chi connectivity index (χ3v) is 4.14. The molecule has 2 heterocycles. The minimum absolute atomic E-state index is 1.01. The van der Waals surface area contributed by atoms with Crippen molar-refractivity contribution >= 4 is 0 Å². The van der Waals surface area contributed by atoms with Crippen molar-refractivity contribution in [3.8, 4) is 0 Å². The molecule has 0 amide bonds. The molecule has 2 aromatic rings. The summed E-state index contributed by atoms with van der Waals surface area (Å²) in [6.45, 7) is 4.21. The fourth-order valence-corrected chi connectivity index (χ4v) is 2.89. The van der Waals surface area contributed by atoms with Gasteiger partial charge in [0.2, 0.25) is 0 Å². The third-order valence-electron chi connectivity index (χ3n) is 4.14. The summed E-state index contributed by atoms with van der Waals surface area (Å²) in [6, 6.07) is 11.1. The highest BCUT2D eigenvalue weighted by Crippen LogP contribution is 2.16. The zero-order chi connectivity index (χ0) is 14.5. The van der Waals surface area contributed by atoms with Gasteiger partial charge in [-0.25, -0.2) is 0 Å². The Morgan fingerprint density at radius 2 is 1.95 bits per heavy atom. The summed E-state index contributed by atoms with van der Waals surface area (Å²) in [5, 5.41) is 3.45. The van der Waals surface area contributed by atoms with E-state index in [0.717, 1.165) is 39.0 Å². The number of hydrogen-bond acceptors (Lipinski definition) is 3. The fraction of sp³-hybridized carbons (Fsp3) is 0.389. The number of aromatic nitrogens is 1. The van der Waals surface area contributed by atoms with E-state index in [4.69, 9.17) is 0 Å². The zero-order valence-electron chi connectivity index (χ0n) is 12.7. The molecule has 0 spiro atoms. The van der Waals surface area contributed by atoms with E-state index in [2.05, 4.69) is 52.6 Å². The third kappa shape index (κ3) is 3.90. The topological polar surface area (TPSA) is 28.2 Å². The van der Waals surface area contributed by atoms with E-state index in [-0.39, 0.29) is 0 Å². The normalized spacial score (nSPS) is 14.2. The number of fused-ring (bicyclic) bond motifs is 1. The number of nitrogens with one attached hydrogen (secondary N) is 1. The lowest BCUT2D eigenvalue weighted by Gasteiger charge is -2.20. The average molecular weight is 281 g/mol. The zero-order valence-corrected chi connectivity index (χ0v) is 12.7. The minimum Gasteiger partial charge on any atom is -0.312 e. The molecule has 1 N–H and O–H groups in total. The molecule has 0 radical (unpaired) electrons. The highest BCUT2D eigenvalue weighted by molar-refractivity contribution is 5.33. The number of hydrogen-bond donors (Lipinski definition) is 1. The Bertz CT molecular complexity index is 580. The summed E-state index contributed by atoms with van der Waals surface area (Å²) in [4.78, 5) is 6.45. The van der Waals surface area contributed by atoms with E-state index in [9.17, 15) is 0 Å². The Kier molecular flexibility index (Phi) is 4.63. The molecule has 21 heavy (non-hydrogen) atoms. The average Bonchev–Trinajstić information content (AvgIpc) is 2.54. The molecule has 3 rings (SSSR count). The van der Waals surface area contributed by atoms with E-state index in [1.807, 2.05) is 12.4 Å². The van der Waals surface area contributed by atoms with Crippen molar-refractivity contribution < 1.29 is 0 Å². The molecule has 1 aliphatic heterocycles. The lowest BCUT2D eigenvalue weighted by Crippen LogP contribution is -2.24. The van der Waals surface area contributed by atoms with Crippen LogP contribution in [-0.4, -0.2) is 30.0 Å². The second kappa shape index (κ2) is 6.83. The highest BCUT2D eigenvalue weighted by Gasteiger charge is 2.09. The molecule has 0 aliphatic carbocycles. The molecule has 1 aliphatic rings. The molecule has 0 bridgehead atoms. The number of benzene rings is 1. The van der Waals surface area contributed by atoms with E-state index in [0.29, 0.717) is 0 Å². The number of rotatable bonds is 5. The first-order valence-corrected chi connectivity index (χ1v) is 7.70. The van der Waals surface area contributed by atoms with Crippen LogP contribution in [0.1, 0.15) is 22.3 Å². The van der Waals surface area contributed by atoms with Crippen LogP contribution >= 0.6 is 0 Å². The van der Waals surface area contributed by atoms with E-state index in [1.54, 1.807) is 0 Å². The Morgan fingerprint density at radius 3 is 2.81 bits per heavy atom. The van der Waals surface area contributed by atoms with Crippen LogP contribution in [0.4, 0.5) is 0 Å². The van der Waals surface area contributed by atoms with Crippen LogP contribution < -0.4 is 5.32 Å². The SMILES string of the molecule is CN(CCc1ccncc1)Cc1ccc2c(c1)CNCC2. The number of likely N-dealkylation sites (N-methyl/N-ethyl adjacent to an activating group) is 1. The first-order chi connectivity index (χ1) is 10.3. The first-order valence-electron chi connectivity index (χ1n) is 7.70. The molecule has 110 valence electrons. The van der Waals surface area contributed by atoms with Crippen LogP contribution in [0.3, 0.4) is 0 Å². The van der Waals surface area contributed by atoms with Crippen molar-refractivity contribution in [2.75, 3.05) is 20.1 Å². The van der Waals surface area contributed by atoms with Crippen LogP contribution in [0.5, 0.6) is 0 Å². The Balaban J connectivity index is 1.56. The standard InChI is InChI=1S/C18H23N3/c1-21(11-7-15-4-8-19-9-5-15)14-16-2-3-17-6-10-20-13-18(17)12-16/h2-5,8-9,12,20H,6-7,10-11,13-14H2,1H3. The summed E-state index contributed by atoms with van der Waals surface area (Å²) in [7, 11) is 2.19. The summed E-state index contributed by atoms with van der Waals surface area (Å²) in [5.41, 5.74) is 5.75. The predicted octanol–water partition coefficient (Wildman–Crippen LogP) is 2.40. The highest BCUT2D eigenvalue weighted by atomic mass is 15.1. The van der Waals surface area contributed by atoms with Crippen LogP contribution in [0, 0.1) is 0 Å². The molecule has 1 aromatic heterocycles. The van der Waals surface area contributed by atoms with Gasteiger partial charge in [-0.15, -0.1) is 0 Å². The minimum atomic E-state index is 1.01. The van der Waals surface area contributed by atoms with Crippen molar-refractivity contribution in [2.24, 2.45) is 0 Å². The van der Waals surface area contributed by atoms with Gasteiger partial charge in [-0.1, -0.05) is 18.2 Å². The maximum atomic E-state index is 4.06. The van der Waals surface area contributed by atoms with Crippen LogP contribution in [0.2, 0.25) is 0 Å². The summed E-state index contributed by atoms with van der Waals surface area (Å²) >= 11 is 0. The van der Waals surface area contributed by atoms with Gasteiger partial charge in [0.15, 0.2) is 0 Å². The second-order valence-electron chi connectivity index (χ2n) is 5.87. The van der Waals surface area contributed by atoms with Crippen molar-refractivity contribution in [3.05, 3.63) is 65.0 Å². The first kappa shape index (κ1) is 14.2. The molecule has 3 heteroatoms. The lowest BCUT2D eigenvalue weighted by molar-refractivity contribution is 0.331. The molecule has 3 nitrogen and oxygen atoms in total. The van der Waals surface area contributed by atoms with Crippen LogP contribution in [-0.2, 0) is 25.9 Å². The summed E-state index contributed by atoms with van der Waals surface area (Å²) in [5.74, 6) is 0. The fourth-order valence-electron chi connectivity index (χ4n) is 2.89. The summed E-state index contributed by atoms with van der Waals surface area (Å²) in [6.07, 6.45) is 5.97. The van der Waals surface area contributed by atoms with Gasteiger partial charge in [-0.2, -0.15) is 0 Å². The maximum Gasteiger partial charge on any atom is 0.0270 e. The van der Waals surface area contributed by atoms with Gasteiger partial charge in [0.1, 0.15) is 0 Å². The predicted molar refractivity (Wildman–Crippen MR) is 86.1 cm³/mol. The van der Waals surface area contributed by atoms with Gasteiger partial charge in [-0.05, 0) is 60.8 Å². The molecule has 0 fully saturated rings. The molecule has 0 atom stereocenters. The quantitative estimate of drug-likeness (QED) is 0.912. The van der Waals surface area contributed by atoms with Crippen molar-refractivity contribution in [1.29, 1.82) is 0 Å². The van der Waals surface area contributed by atoms with Gasteiger partial charge in [0.05, 0.1) is 0 Å². The molecule has 0 unspecified atom stereocenters. The molecule has 0 saturated carbocycles. The van der Waals surface area contributed by atoms with Crippen LogP contribution in [0.15, 0.2) is 42.7 Å². The van der Waals surface area contributed by atoms with Crippen molar-refractivity contribution in [2.45, 2.75) is 25.9 Å². The van der Waals surface area contributed by atoms with E-state index in [1.165, 1.54) is 22.3 Å². The smallest absolute Gasteiger partial charge is 0.0270 e. The number of nitrogens with zero attached hydrogens (tertiary/aromatic N) is 2. The van der Waals surface area contributed by atoms with Crippen molar-refractivity contribution in [3.63, 3.8) is 0 Å². The second-order valence-corrected chi connectivity index (χ2v) is 5.87. The van der Waals surface area contributed by atoms with Gasteiger partial charge >= 0.3 is 0 Å². The summed E-state index contributed by atoms with van der Waals surface area (Å²) < 4.78 is 0. The van der Waals surface area contributed by atoms with E-state index < -0.39 is 0 Å². The van der Waals surface area contributed by atoms with E-state index >= 15 is 0 Å². The number of pyridine rings is 1. The Hall–Kier alpha value is -1.71. The molecule has 0 saturated heterocycles. The Morgan fingerprint density at radius 1 is 1.10 bits per heavy atom. The Labute approximate surface area is 127 Å². The maximum absolute atomic E-state index is 4.06. The lowest BCUT2D eigenvalue weighted by atomic mass is 9.98. The molecular formula is C18H23N3. The van der Waals surface area contributed by atoms with Gasteiger partial charge < -0.3 is 10.2 Å². The van der Waals surface area contributed by atoms with Gasteiger partial charge in [-0.3, -0.25) is 4.98 Å². The van der Waals surface area contributed by atoms with Crippen LogP contribution in [0.25, 0.3) is 0 Å². The van der Waals surface area contributed by atoms with Crippen molar-refractivity contribution in [1.82, 2.24) is 15.2 Å². The monoisotopic (exact) mass is 281 g/mol. The largest absolute Gasteiger partial charge is 0.312 e. The van der Waals surface area contributed by atoms with Gasteiger partial charge in [0, 0.05) is 32.0 Å².